The Balaban J connectivity index is -0.000000112. The molecule has 0 spiro atoms. The molecule has 0 heterocycles. The Morgan fingerprint density at radius 2 is 0.405 bits per heavy atom. The van der Waals surface area contributed by atoms with Gasteiger partial charge in [0.25, 0.3) is 0 Å². The number of carboxylic acid groups (broad SMARTS) is 9. The fourth-order valence-corrected chi connectivity index (χ4v) is 2.14. The van der Waals surface area contributed by atoms with Gasteiger partial charge in [0.15, 0.2) is 16.8 Å². The van der Waals surface area contributed by atoms with E-state index in [2.05, 4.69) is 0 Å². The van der Waals surface area contributed by atoms with Crippen LogP contribution >= 0.6 is 0 Å². The predicted octanol–water partition coefficient (Wildman–Crippen LogP) is -6.49. The first-order valence-electron chi connectivity index (χ1n) is 9.51. The van der Waals surface area contributed by atoms with Gasteiger partial charge in [0, 0.05) is 0 Å². The third-order valence-electron chi connectivity index (χ3n) is 3.86. The third-order valence-corrected chi connectivity index (χ3v) is 3.86. The number of carboxylic acids is 9. The average Bonchev–Trinajstić information content (AvgIpc) is 2.64. The van der Waals surface area contributed by atoms with Gasteiger partial charge in [-0.2, -0.15) is 0 Å². The van der Waals surface area contributed by atoms with Crippen molar-refractivity contribution in [1.82, 2.24) is 0 Å². The van der Waals surface area contributed by atoms with Crippen LogP contribution in [0.2, 0.25) is 0 Å². The molecule has 234 valence electrons. The first kappa shape index (κ1) is 53.4. The summed E-state index contributed by atoms with van der Waals surface area (Å²) in [6.07, 6.45) is -6.87. The summed E-state index contributed by atoms with van der Waals surface area (Å²) in [6, 6.07) is 0. The van der Waals surface area contributed by atoms with Crippen molar-refractivity contribution < 1.29 is 104 Å². The molecule has 0 aliphatic carbocycles. The topological polar surface area (TPSA) is 396 Å². The van der Waals surface area contributed by atoms with Crippen molar-refractivity contribution in [3.05, 3.63) is 0 Å². The summed E-state index contributed by atoms with van der Waals surface area (Å²) < 4.78 is 0. The Hall–Kier alpha value is -1.11. The molecule has 0 aromatic carbocycles. The minimum absolute atomic E-state index is 0. The van der Waals surface area contributed by atoms with Gasteiger partial charge in [0.05, 0.1) is 38.5 Å². The Morgan fingerprint density at radius 1 is 0.310 bits per heavy atom. The summed E-state index contributed by atoms with van der Waals surface area (Å²) in [5.74, 6) is -15.1. The van der Waals surface area contributed by atoms with Crippen LogP contribution in [0.25, 0.3) is 0 Å². The molecular formula is C18H30Ca3O21. The molecule has 0 saturated heterocycles. The summed E-state index contributed by atoms with van der Waals surface area (Å²) in [7, 11) is 0. The van der Waals surface area contributed by atoms with E-state index in [9.17, 15) is 43.2 Å². The zero-order valence-electron chi connectivity index (χ0n) is 19.3. The van der Waals surface area contributed by atoms with Gasteiger partial charge in [-0.15, -0.1) is 0 Å². The molecular weight excluding hydrogens is 672 g/mol. The zero-order valence-corrected chi connectivity index (χ0v) is 19.3. The summed E-state index contributed by atoms with van der Waals surface area (Å²) in [5.41, 5.74) is -8.22. The summed E-state index contributed by atoms with van der Waals surface area (Å²) in [4.78, 5) is 91.5. The van der Waals surface area contributed by atoms with Crippen LogP contribution in [0, 0.1) is 0 Å². The van der Waals surface area contributed by atoms with Gasteiger partial charge in [0.1, 0.15) is 0 Å². The monoisotopic (exact) mass is 702 g/mol. The molecule has 0 saturated carbocycles. The van der Waals surface area contributed by atoms with E-state index in [0.29, 0.717) is 0 Å². The average molecular weight is 703 g/mol. The summed E-state index contributed by atoms with van der Waals surface area (Å²) in [5, 5.41) is 101. The fourth-order valence-electron chi connectivity index (χ4n) is 2.14. The van der Waals surface area contributed by atoms with Crippen molar-refractivity contribution in [2.75, 3.05) is 0 Å². The maximum absolute atomic E-state index is 10.3. The van der Waals surface area contributed by atoms with Crippen LogP contribution in [-0.2, 0) is 43.2 Å². The van der Waals surface area contributed by atoms with Gasteiger partial charge >= 0.3 is 167 Å². The number of hydrogen-bond acceptors (Lipinski definition) is 12. The molecule has 0 unspecified atom stereocenters. The number of aliphatic hydroxyl groups is 3. The van der Waals surface area contributed by atoms with Crippen LogP contribution < -0.4 is 0 Å². The van der Waals surface area contributed by atoms with Crippen LogP contribution in [0.15, 0.2) is 0 Å². The van der Waals surface area contributed by atoms with Crippen LogP contribution in [0.5, 0.6) is 0 Å². The van der Waals surface area contributed by atoms with Gasteiger partial charge in [-0.25, -0.2) is 14.4 Å². The van der Waals surface area contributed by atoms with Crippen LogP contribution in [0.3, 0.4) is 0 Å². The number of carbonyl (C=O) groups is 9. The van der Waals surface area contributed by atoms with E-state index < -0.39 is 109 Å². The van der Waals surface area contributed by atoms with Crippen molar-refractivity contribution in [2.24, 2.45) is 0 Å². The van der Waals surface area contributed by atoms with Gasteiger partial charge in [-0.3, -0.25) is 28.8 Å². The molecule has 42 heavy (non-hydrogen) atoms. The first-order valence-corrected chi connectivity index (χ1v) is 9.51. The Labute approximate surface area is 322 Å². The second-order valence-corrected chi connectivity index (χ2v) is 7.43. The fraction of sp³-hybridized carbons (Fsp3) is 0.500. The molecule has 0 bridgehead atoms. The van der Waals surface area contributed by atoms with E-state index >= 15 is 0 Å². The van der Waals surface area contributed by atoms with Crippen LogP contribution in [0.4, 0.5) is 0 Å². The molecule has 0 atom stereocenters. The Bertz CT molecular complexity index is 821. The molecule has 0 aliphatic heterocycles. The van der Waals surface area contributed by atoms with E-state index in [4.69, 9.17) is 61.3 Å². The predicted molar refractivity (Wildman–Crippen MR) is 137 cm³/mol. The summed E-state index contributed by atoms with van der Waals surface area (Å²) in [6.45, 7) is 0. The molecule has 0 radical (unpaired) electrons. The zero-order chi connectivity index (χ0) is 31.9. The SMILES string of the molecule is O=C(O)CC(O)(CC(=O)O)C(=O)O.O=C(O)CC(O)(CC(=O)O)C(=O)O.O=C(O)CC(O)(CC(=O)O)C(=O)O.[CaH2].[CaH2].[CaH2]. The minimum atomic E-state index is -2.74. The van der Waals surface area contributed by atoms with E-state index in [-0.39, 0.29) is 113 Å². The number of rotatable bonds is 15. The van der Waals surface area contributed by atoms with Gasteiger partial charge in [-0.05, 0) is 0 Å². The molecule has 0 aromatic rings. The van der Waals surface area contributed by atoms with E-state index in [0.717, 1.165) is 0 Å². The normalized spacial score (nSPS) is 10.1. The van der Waals surface area contributed by atoms with E-state index in [1.54, 1.807) is 0 Å². The van der Waals surface area contributed by atoms with Gasteiger partial charge in [0.2, 0.25) is 0 Å². The number of hydrogen-bond donors (Lipinski definition) is 12. The van der Waals surface area contributed by atoms with Gasteiger partial charge < -0.3 is 61.3 Å². The first-order chi connectivity index (χ1) is 17.3. The molecule has 0 amide bonds. The van der Waals surface area contributed by atoms with Crippen LogP contribution in [-0.4, -0.2) is 245 Å². The molecule has 0 aromatic heterocycles. The van der Waals surface area contributed by atoms with Crippen molar-refractivity contribution in [3.63, 3.8) is 0 Å². The van der Waals surface area contributed by atoms with Gasteiger partial charge in [-0.1, -0.05) is 0 Å². The Morgan fingerprint density at radius 3 is 0.452 bits per heavy atom. The molecule has 0 rings (SSSR count). The second kappa shape index (κ2) is 24.2. The molecule has 0 aliphatic rings. The van der Waals surface area contributed by atoms with E-state index in [1.165, 1.54) is 0 Å². The Kier molecular flexibility index (Phi) is 30.8. The van der Waals surface area contributed by atoms with E-state index in [1.807, 2.05) is 0 Å². The van der Waals surface area contributed by atoms with Crippen molar-refractivity contribution >= 4 is 167 Å². The van der Waals surface area contributed by atoms with Crippen molar-refractivity contribution in [2.45, 2.75) is 55.3 Å². The van der Waals surface area contributed by atoms with Crippen molar-refractivity contribution in [1.29, 1.82) is 0 Å². The quantitative estimate of drug-likeness (QED) is 0.0705. The molecule has 21 nitrogen and oxygen atoms in total. The maximum atomic E-state index is 10.3. The van der Waals surface area contributed by atoms with Crippen LogP contribution in [0.1, 0.15) is 38.5 Å². The summed E-state index contributed by atoms with van der Waals surface area (Å²) >= 11 is 0. The molecule has 0 fully saturated rings. The standard InChI is InChI=1S/3C6H8O7.3Ca.6H/c3*7-3(8)1-6(13,5(11)12)2-4(9)10;;;;;;;;;/h3*13H,1-2H2,(H,7,8)(H,9,10)(H,11,12);;;;;;;;;. The van der Waals surface area contributed by atoms with Crippen molar-refractivity contribution in [3.8, 4) is 0 Å². The number of aliphatic carboxylic acids is 9. The molecule has 12 N–H and O–H groups in total. The third kappa shape index (κ3) is 25.4. The molecule has 24 heteroatoms. The second-order valence-electron chi connectivity index (χ2n) is 7.43.